The summed E-state index contributed by atoms with van der Waals surface area (Å²) < 4.78 is 7.84. The molecular weight excluding hydrogens is 577 g/mol. The highest BCUT2D eigenvalue weighted by Crippen LogP contribution is 2.24. The number of carbonyl (C=O) groups is 2. The number of benzene rings is 3. The molecule has 40 heavy (non-hydrogen) atoms. The Kier molecular flexibility index (Phi) is 9.03. The molecule has 1 heterocycles. The summed E-state index contributed by atoms with van der Waals surface area (Å²) in [6.45, 7) is 3.41. The van der Waals surface area contributed by atoms with E-state index in [1.807, 2.05) is 0 Å². The monoisotopic (exact) mass is 601 g/mol. The number of fused-ring (bicyclic) bond motifs is 1. The minimum Gasteiger partial charge on any atom is -0.461 e. The van der Waals surface area contributed by atoms with Crippen LogP contribution >= 0.6 is 34.8 Å². The predicted octanol–water partition coefficient (Wildman–Crippen LogP) is 5.03. The van der Waals surface area contributed by atoms with Crippen molar-refractivity contribution in [3.8, 4) is 5.69 Å². The van der Waals surface area contributed by atoms with E-state index < -0.39 is 35.3 Å². The minimum atomic E-state index is -1.06. The number of ether oxygens (including phenoxy) is 1. The number of rotatable bonds is 8. The zero-order valence-corrected chi connectivity index (χ0v) is 24.2. The van der Waals surface area contributed by atoms with Crippen LogP contribution in [-0.2, 0) is 28.9 Å². The second-order valence-electron chi connectivity index (χ2n) is 9.45. The molecule has 11 heteroatoms. The molecule has 0 aliphatic carbocycles. The van der Waals surface area contributed by atoms with E-state index in [0.29, 0.717) is 22.2 Å². The number of hydrogen-bond acceptors (Lipinski definition) is 5. The fourth-order valence-electron chi connectivity index (χ4n) is 4.29. The van der Waals surface area contributed by atoms with Crippen LogP contribution in [0.4, 0.5) is 0 Å². The SMILES string of the molecule is CC(C)OC(=O)C(Cc1ccc(-n2c(=O)c3cc(CCl)ccc3n(C)c2=O)cc1)NC(=O)c1c(Cl)cccc1Cl. The highest BCUT2D eigenvalue weighted by molar-refractivity contribution is 6.39. The van der Waals surface area contributed by atoms with Crippen molar-refractivity contribution in [2.75, 3.05) is 0 Å². The van der Waals surface area contributed by atoms with E-state index in [0.717, 1.165) is 10.1 Å². The average molecular weight is 603 g/mol. The zero-order valence-electron chi connectivity index (χ0n) is 21.9. The molecule has 0 spiro atoms. The Morgan fingerprint density at radius 1 is 0.950 bits per heavy atom. The molecule has 1 unspecified atom stereocenters. The largest absolute Gasteiger partial charge is 0.461 e. The molecular formula is C29H26Cl3N3O5. The van der Waals surface area contributed by atoms with Crippen LogP contribution in [0.5, 0.6) is 0 Å². The van der Waals surface area contributed by atoms with Crippen molar-refractivity contribution < 1.29 is 14.3 Å². The molecule has 0 saturated heterocycles. The van der Waals surface area contributed by atoms with Crippen LogP contribution in [-0.4, -0.2) is 33.2 Å². The number of alkyl halides is 1. The molecule has 0 saturated carbocycles. The third-order valence-electron chi connectivity index (χ3n) is 6.25. The Balaban J connectivity index is 1.66. The van der Waals surface area contributed by atoms with Crippen molar-refractivity contribution in [1.29, 1.82) is 0 Å². The molecule has 0 aliphatic heterocycles. The van der Waals surface area contributed by atoms with E-state index in [9.17, 15) is 19.2 Å². The highest BCUT2D eigenvalue weighted by atomic mass is 35.5. The molecule has 1 aromatic heterocycles. The number of hydrogen-bond donors (Lipinski definition) is 1. The number of carbonyl (C=O) groups excluding carboxylic acids is 2. The van der Waals surface area contributed by atoms with E-state index in [1.54, 1.807) is 69.4 Å². The van der Waals surface area contributed by atoms with Gasteiger partial charge in [-0.25, -0.2) is 14.2 Å². The first-order valence-electron chi connectivity index (χ1n) is 12.4. The second-order valence-corrected chi connectivity index (χ2v) is 10.5. The quantitative estimate of drug-likeness (QED) is 0.225. The summed E-state index contributed by atoms with van der Waals surface area (Å²) in [7, 11) is 1.59. The molecule has 0 aliphatic rings. The number of amides is 1. The summed E-state index contributed by atoms with van der Waals surface area (Å²) in [5, 5.41) is 3.32. The standard InChI is InChI=1S/C29H26Cl3N3O5/c1-16(2)40-28(38)23(33-26(36)25-21(31)5-4-6-22(25)32)14-17-7-10-19(11-8-17)35-27(37)20-13-18(15-30)9-12-24(20)34(3)29(35)39/h4-13,16,23H,14-15H2,1-3H3,(H,33,36). The molecule has 4 rings (SSSR count). The van der Waals surface area contributed by atoms with Crippen molar-refractivity contribution in [3.05, 3.63) is 108 Å². The Bertz CT molecular complexity index is 1690. The molecule has 0 radical (unpaired) electrons. The first-order chi connectivity index (χ1) is 19.0. The Labute approximate surface area is 245 Å². The summed E-state index contributed by atoms with van der Waals surface area (Å²) in [4.78, 5) is 52.3. The van der Waals surface area contributed by atoms with Gasteiger partial charge in [-0.15, -0.1) is 11.6 Å². The van der Waals surface area contributed by atoms with Crippen LogP contribution in [0.3, 0.4) is 0 Å². The second kappa shape index (κ2) is 12.3. The summed E-state index contributed by atoms with van der Waals surface area (Å²) in [6.07, 6.45) is -0.336. The molecule has 1 atom stereocenters. The fourth-order valence-corrected chi connectivity index (χ4v) is 5.02. The van der Waals surface area contributed by atoms with Crippen LogP contribution in [0.15, 0.2) is 70.3 Å². The number of halogens is 3. The number of aryl methyl sites for hydroxylation is 1. The Morgan fingerprint density at radius 2 is 1.57 bits per heavy atom. The van der Waals surface area contributed by atoms with Gasteiger partial charge < -0.3 is 10.1 Å². The zero-order chi connectivity index (χ0) is 29.1. The van der Waals surface area contributed by atoms with E-state index in [1.165, 1.54) is 16.7 Å². The third kappa shape index (κ3) is 6.09. The smallest absolute Gasteiger partial charge is 0.335 e. The van der Waals surface area contributed by atoms with Crippen molar-refractivity contribution in [1.82, 2.24) is 14.5 Å². The maximum Gasteiger partial charge on any atom is 0.335 e. The Hall–Kier alpha value is -3.59. The molecule has 1 amide bonds. The number of nitrogens with zero attached hydrogens (tertiary/aromatic N) is 2. The number of esters is 1. The first-order valence-corrected chi connectivity index (χ1v) is 13.7. The van der Waals surface area contributed by atoms with Crippen molar-refractivity contribution in [2.24, 2.45) is 7.05 Å². The molecule has 0 fully saturated rings. The van der Waals surface area contributed by atoms with Crippen molar-refractivity contribution in [3.63, 3.8) is 0 Å². The van der Waals surface area contributed by atoms with Crippen LogP contribution in [0.1, 0.15) is 35.3 Å². The Morgan fingerprint density at radius 3 is 2.17 bits per heavy atom. The van der Waals surface area contributed by atoms with Gasteiger partial charge in [-0.2, -0.15) is 0 Å². The third-order valence-corrected chi connectivity index (χ3v) is 7.19. The van der Waals surface area contributed by atoms with Gasteiger partial charge in [0.25, 0.3) is 11.5 Å². The lowest BCUT2D eigenvalue weighted by molar-refractivity contribution is -0.149. The van der Waals surface area contributed by atoms with Gasteiger partial charge in [-0.05, 0) is 61.4 Å². The van der Waals surface area contributed by atoms with Gasteiger partial charge in [0.1, 0.15) is 6.04 Å². The van der Waals surface area contributed by atoms with Crippen molar-refractivity contribution >= 4 is 57.6 Å². The van der Waals surface area contributed by atoms with Gasteiger partial charge in [0.2, 0.25) is 0 Å². The van der Waals surface area contributed by atoms with E-state index in [-0.39, 0.29) is 27.9 Å². The van der Waals surface area contributed by atoms with Crippen LogP contribution in [0, 0.1) is 0 Å². The first kappa shape index (κ1) is 29.4. The molecule has 4 aromatic rings. The topological polar surface area (TPSA) is 99.4 Å². The summed E-state index contributed by atoms with van der Waals surface area (Å²) in [5.41, 5.74) is 1.32. The molecule has 1 N–H and O–H groups in total. The summed E-state index contributed by atoms with van der Waals surface area (Å²) in [5.74, 6) is -1.03. The van der Waals surface area contributed by atoms with Crippen LogP contribution in [0.2, 0.25) is 10.0 Å². The molecule has 8 nitrogen and oxygen atoms in total. The van der Waals surface area contributed by atoms with Gasteiger partial charge in [0.05, 0.1) is 38.3 Å². The fraction of sp³-hybridized carbons (Fsp3) is 0.241. The van der Waals surface area contributed by atoms with Gasteiger partial charge in [0, 0.05) is 19.3 Å². The van der Waals surface area contributed by atoms with Gasteiger partial charge in [-0.1, -0.05) is 47.5 Å². The number of nitrogens with one attached hydrogen (secondary N) is 1. The van der Waals surface area contributed by atoms with E-state index >= 15 is 0 Å². The maximum atomic E-state index is 13.3. The van der Waals surface area contributed by atoms with E-state index in [2.05, 4.69) is 5.32 Å². The van der Waals surface area contributed by atoms with Crippen molar-refractivity contribution in [2.45, 2.75) is 38.3 Å². The van der Waals surface area contributed by atoms with Gasteiger partial charge in [0.15, 0.2) is 0 Å². The minimum absolute atomic E-state index is 0.0485. The maximum absolute atomic E-state index is 13.3. The average Bonchev–Trinajstić information content (AvgIpc) is 2.91. The summed E-state index contributed by atoms with van der Waals surface area (Å²) in [6, 6.07) is 15.3. The lowest BCUT2D eigenvalue weighted by atomic mass is 10.0. The molecule has 0 bridgehead atoms. The van der Waals surface area contributed by atoms with Gasteiger partial charge >= 0.3 is 11.7 Å². The normalized spacial score (nSPS) is 12.0. The lowest BCUT2D eigenvalue weighted by Crippen LogP contribution is -2.44. The van der Waals surface area contributed by atoms with Crippen LogP contribution < -0.4 is 16.6 Å². The molecule has 3 aromatic carbocycles. The predicted molar refractivity (Wildman–Crippen MR) is 157 cm³/mol. The lowest BCUT2D eigenvalue weighted by Gasteiger charge is -2.20. The highest BCUT2D eigenvalue weighted by Gasteiger charge is 2.26. The number of aromatic nitrogens is 2. The van der Waals surface area contributed by atoms with E-state index in [4.69, 9.17) is 39.5 Å². The van der Waals surface area contributed by atoms with Gasteiger partial charge in [-0.3, -0.25) is 14.2 Å². The van der Waals surface area contributed by atoms with Crippen LogP contribution in [0.25, 0.3) is 16.6 Å². The molecule has 208 valence electrons. The summed E-state index contributed by atoms with van der Waals surface area (Å²) >= 11 is 18.3.